The van der Waals surface area contributed by atoms with E-state index in [1.807, 2.05) is 30.2 Å². The fraction of sp³-hybridized carbons (Fsp3) is 0.467. The molecule has 0 saturated carbocycles. The van der Waals surface area contributed by atoms with Gasteiger partial charge in [0, 0.05) is 31.0 Å². The number of aromatic nitrogens is 3. The largest absolute Gasteiger partial charge is 0.495 e. The van der Waals surface area contributed by atoms with Gasteiger partial charge in [-0.15, -0.1) is 0 Å². The summed E-state index contributed by atoms with van der Waals surface area (Å²) < 4.78 is 7.25. The van der Waals surface area contributed by atoms with Crippen molar-refractivity contribution in [2.45, 2.75) is 25.8 Å². The van der Waals surface area contributed by atoms with Crippen LogP contribution in [0.25, 0.3) is 0 Å². The third-order valence-corrected chi connectivity index (χ3v) is 3.34. The highest BCUT2D eigenvalue weighted by Gasteiger charge is 2.15. The van der Waals surface area contributed by atoms with Gasteiger partial charge in [0.15, 0.2) is 0 Å². The zero-order valence-corrected chi connectivity index (χ0v) is 12.3. The van der Waals surface area contributed by atoms with Crippen molar-refractivity contribution in [2.75, 3.05) is 13.7 Å². The van der Waals surface area contributed by atoms with Crippen molar-refractivity contribution in [3.63, 3.8) is 0 Å². The minimum absolute atomic E-state index is 0.262. The van der Waals surface area contributed by atoms with Gasteiger partial charge < -0.3 is 10.1 Å². The van der Waals surface area contributed by atoms with Crippen LogP contribution in [0.3, 0.4) is 0 Å². The molecule has 1 atom stereocenters. The third-order valence-electron chi connectivity index (χ3n) is 3.34. The van der Waals surface area contributed by atoms with Gasteiger partial charge in [-0.1, -0.05) is 6.92 Å². The van der Waals surface area contributed by atoms with E-state index in [-0.39, 0.29) is 6.04 Å². The molecule has 0 aromatic carbocycles. The van der Waals surface area contributed by atoms with E-state index in [4.69, 9.17) is 4.74 Å². The molecule has 1 unspecified atom stereocenters. The summed E-state index contributed by atoms with van der Waals surface area (Å²) in [6.07, 6.45) is 9.55. The van der Waals surface area contributed by atoms with Crippen LogP contribution in [0.15, 0.2) is 30.9 Å². The number of nitrogens with zero attached hydrogens (tertiary/aromatic N) is 3. The molecule has 2 aromatic heterocycles. The molecule has 0 spiro atoms. The lowest BCUT2D eigenvalue weighted by molar-refractivity contribution is 0.394. The fourth-order valence-electron chi connectivity index (χ4n) is 2.38. The van der Waals surface area contributed by atoms with Crippen molar-refractivity contribution in [3.8, 4) is 5.75 Å². The van der Waals surface area contributed by atoms with E-state index in [0.29, 0.717) is 0 Å². The molecule has 0 aliphatic rings. The maximum absolute atomic E-state index is 5.41. The van der Waals surface area contributed by atoms with Gasteiger partial charge in [-0.25, -0.2) is 0 Å². The van der Waals surface area contributed by atoms with Gasteiger partial charge in [-0.3, -0.25) is 9.67 Å². The molecule has 0 radical (unpaired) electrons. The van der Waals surface area contributed by atoms with Crippen molar-refractivity contribution in [1.82, 2.24) is 20.1 Å². The molecule has 20 heavy (non-hydrogen) atoms. The summed E-state index contributed by atoms with van der Waals surface area (Å²) in [7, 11) is 3.63. The summed E-state index contributed by atoms with van der Waals surface area (Å²) in [4.78, 5) is 4.11. The molecule has 0 aliphatic carbocycles. The average molecular weight is 274 g/mol. The van der Waals surface area contributed by atoms with Gasteiger partial charge in [0.25, 0.3) is 0 Å². The van der Waals surface area contributed by atoms with E-state index >= 15 is 0 Å². The molecule has 5 heteroatoms. The van der Waals surface area contributed by atoms with Crippen LogP contribution in [-0.2, 0) is 13.5 Å². The van der Waals surface area contributed by atoms with Crippen LogP contribution in [0, 0.1) is 0 Å². The standard InChI is InChI=1S/C15H22N4O/c1-4-17-14(6-5-12-9-18-19(2)11-12)13-7-8-16-10-15(13)20-3/h7-11,14,17H,4-6H2,1-3H3. The topological polar surface area (TPSA) is 52.0 Å². The third kappa shape index (κ3) is 3.57. The van der Waals surface area contributed by atoms with Crippen LogP contribution in [0.4, 0.5) is 0 Å². The molecule has 108 valence electrons. The predicted octanol–water partition coefficient (Wildman–Crippen LogP) is 2.11. The second kappa shape index (κ2) is 7.05. The van der Waals surface area contributed by atoms with Crippen LogP contribution in [-0.4, -0.2) is 28.4 Å². The first-order valence-electron chi connectivity index (χ1n) is 6.93. The van der Waals surface area contributed by atoms with Crippen molar-refractivity contribution < 1.29 is 4.74 Å². The average Bonchev–Trinajstić information content (AvgIpc) is 2.89. The highest BCUT2D eigenvalue weighted by Crippen LogP contribution is 2.27. The van der Waals surface area contributed by atoms with Gasteiger partial charge in [0.05, 0.1) is 19.5 Å². The fourth-order valence-corrected chi connectivity index (χ4v) is 2.38. The second-order valence-electron chi connectivity index (χ2n) is 4.79. The maximum Gasteiger partial charge on any atom is 0.141 e. The smallest absolute Gasteiger partial charge is 0.141 e. The number of hydrogen-bond donors (Lipinski definition) is 1. The van der Waals surface area contributed by atoms with E-state index in [1.54, 1.807) is 13.3 Å². The zero-order chi connectivity index (χ0) is 14.4. The van der Waals surface area contributed by atoms with Crippen molar-refractivity contribution in [1.29, 1.82) is 0 Å². The molecule has 2 rings (SSSR count). The number of hydrogen-bond acceptors (Lipinski definition) is 4. The van der Waals surface area contributed by atoms with Crippen LogP contribution in [0.1, 0.15) is 30.5 Å². The normalized spacial score (nSPS) is 12.3. The van der Waals surface area contributed by atoms with E-state index in [0.717, 1.165) is 30.7 Å². The number of methoxy groups -OCH3 is 1. The summed E-state index contributed by atoms with van der Waals surface area (Å²) in [6, 6.07) is 2.29. The molecule has 0 fully saturated rings. The lowest BCUT2D eigenvalue weighted by atomic mass is 10.0. The zero-order valence-electron chi connectivity index (χ0n) is 12.3. The van der Waals surface area contributed by atoms with Crippen LogP contribution in [0.5, 0.6) is 5.75 Å². The highest BCUT2D eigenvalue weighted by molar-refractivity contribution is 5.33. The van der Waals surface area contributed by atoms with Crippen LogP contribution >= 0.6 is 0 Å². The molecule has 0 amide bonds. The molecule has 0 bridgehead atoms. The van der Waals surface area contributed by atoms with Gasteiger partial charge in [0.1, 0.15) is 5.75 Å². The van der Waals surface area contributed by atoms with E-state index in [1.165, 1.54) is 5.56 Å². The van der Waals surface area contributed by atoms with Crippen molar-refractivity contribution >= 4 is 0 Å². The minimum atomic E-state index is 0.262. The van der Waals surface area contributed by atoms with Crippen LogP contribution in [0.2, 0.25) is 0 Å². The molecule has 1 N–H and O–H groups in total. The number of ether oxygens (including phenoxy) is 1. The van der Waals surface area contributed by atoms with E-state index in [9.17, 15) is 0 Å². The first-order valence-corrected chi connectivity index (χ1v) is 6.93. The number of rotatable bonds is 7. The highest BCUT2D eigenvalue weighted by atomic mass is 16.5. The van der Waals surface area contributed by atoms with Crippen molar-refractivity contribution in [3.05, 3.63) is 42.0 Å². The Labute approximate surface area is 120 Å². The number of aryl methyl sites for hydroxylation is 2. The van der Waals surface area contributed by atoms with E-state index in [2.05, 4.69) is 28.5 Å². The Hall–Kier alpha value is -1.88. The molecule has 2 heterocycles. The Bertz CT molecular complexity index is 538. The summed E-state index contributed by atoms with van der Waals surface area (Å²) in [6.45, 7) is 3.04. The quantitative estimate of drug-likeness (QED) is 0.840. The SMILES string of the molecule is CCNC(CCc1cnn(C)c1)c1ccncc1OC. The summed E-state index contributed by atoms with van der Waals surface area (Å²) in [5.74, 6) is 0.838. The molecular weight excluding hydrogens is 252 g/mol. The van der Waals surface area contributed by atoms with E-state index < -0.39 is 0 Å². The van der Waals surface area contributed by atoms with Gasteiger partial charge in [0.2, 0.25) is 0 Å². The Morgan fingerprint density at radius 2 is 2.25 bits per heavy atom. The van der Waals surface area contributed by atoms with Gasteiger partial charge in [-0.05, 0) is 31.0 Å². The minimum Gasteiger partial charge on any atom is -0.495 e. The molecule has 0 aliphatic heterocycles. The first kappa shape index (κ1) is 14.5. The van der Waals surface area contributed by atoms with Gasteiger partial charge in [-0.2, -0.15) is 5.10 Å². The molecule has 5 nitrogen and oxygen atoms in total. The summed E-state index contributed by atoms with van der Waals surface area (Å²) in [5, 5.41) is 7.72. The number of nitrogens with one attached hydrogen (secondary N) is 1. The monoisotopic (exact) mass is 274 g/mol. The van der Waals surface area contributed by atoms with Crippen LogP contribution < -0.4 is 10.1 Å². The Morgan fingerprint density at radius 3 is 2.90 bits per heavy atom. The van der Waals surface area contributed by atoms with Crippen molar-refractivity contribution in [2.24, 2.45) is 7.05 Å². The molecular formula is C15H22N4O. The Balaban J connectivity index is 2.10. The Kier molecular flexibility index (Phi) is 5.12. The molecule has 0 saturated heterocycles. The number of pyridine rings is 1. The molecule has 2 aromatic rings. The lowest BCUT2D eigenvalue weighted by Crippen LogP contribution is -2.22. The predicted molar refractivity (Wildman–Crippen MR) is 78.7 cm³/mol. The lowest BCUT2D eigenvalue weighted by Gasteiger charge is -2.20. The second-order valence-corrected chi connectivity index (χ2v) is 4.79. The summed E-state index contributed by atoms with van der Waals surface area (Å²) in [5.41, 5.74) is 2.41. The summed E-state index contributed by atoms with van der Waals surface area (Å²) >= 11 is 0. The maximum atomic E-state index is 5.41. The van der Waals surface area contributed by atoms with Gasteiger partial charge >= 0.3 is 0 Å². The Morgan fingerprint density at radius 1 is 1.40 bits per heavy atom. The first-order chi connectivity index (χ1) is 9.74.